The van der Waals surface area contributed by atoms with Gasteiger partial charge in [0.05, 0.1) is 0 Å². The molecule has 1 heterocycles. The van der Waals surface area contributed by atoms with Gasteiger partial charge in [0.1, 0.15) is 11.7 Å². The summed E-state index contributed by atoms with van der Waals surface area (Å²) in [5, 5.41) is 2.15. The quantitative estimate of drug-likeness (QED) is 0.569. The Morgan fingerprint density at radius 1 is 1.42 bits per heavy atom. The molecule has 1 fully saturated rings. The molecule has 0 aliphatic carbocycles. The Bertz CT molecular complexity index is 153. The predicted octanol–water partition coefficient (Wildman–Crippen LogP) is 2.03. The highest BCUT2D eigenvalue weighted by molar-refractivity contribution is 4.89. The van der Waals surface area contributed by atoms with E-state index in [1.807, 2.05) is 0 Å². The van der Waals surface area contributed by atoms with Crippen LogP contribution in [0.3, 0.4) is 0 Å². The Morgan fingerprint density at radius 3 is 2.33 bits per heavy atom. The van der Waals surface area contributed by atoms with E-state index in [2.05, 4.69) is 5.32 Å². The number of nitrogens with one attached hydrogen (secondary N) is 1. The fourth-order valence-electron chi connectivity index (χ4n) is 1.25. The fourth-order valence-corrected chi connectivity index (χ4v) is 1.25. The lowest BCUT2D eigenvalue weighted by atomic mass is 9.93. The fraction of sp³-hybridized carbons (Fsp3) is 1.00. The molecule has 1 N–H and O–H groups in total. The second kappa shape index (κ2) is 2.87. The molecule has 12 heavy (non-hydrogen) atoms. The largest absolute Gasteiger partial charge is 0.403 e. The summed E-state index contributed by atoms with van der Waals surface area (Å²) in [5.41, 5.74) is -1.48. The molecule has 1 aliphatic heterocycles. The van der Waals surface area contributed by atoms with Gasteiger partial charge in [0.15, 0.2) is 0 Å². The second-order valence-electron chi connectivity index (χ2n) is 3.43. The molecule has 2 atom stereocenters. The van der Waals surface area contributed by atoms with Crippen LogP contribution in [0, 0.1) is 0 Å². The molecule has 1 saturated heterocycles. The molecule has 0 bridgehead atoms. The zero-order valence-corrected chi connectivity index (χ0v) is 6.71. The first kappa shape index (κ1) is 9.77. The first-order valence-electron chi connectivity index (χ1n) is 3.80. The van der Waals surface area contributed by atoms with Crippen LogP contribution in [0.15, 0.2) is 0 Å². The van der Waals surface area contributed by atoms with Crippen molar-refractivity contribution in [3.8, 4) is 0 Å². The highest BCUT2D eigenvalue weighted by Crippen LogP contribution is 2.30. The molecule has 1 aliphatic rings. The number of halogens is 4. The van der Waals surface area contributed by atoms with Crippen molar-refractivity contribution in [3.05, 3.63) is 0 Å². The third-order valence-electron chi connectivity index (χ3n) is 2.07. The molecule has 0 aromatic rings. The smallest absolute Gasteiger partial charge is 0.303 e. The van der Waals surface area contributed by atoms with Crippen LogP contribution in [0.25, 0.3) is 0 Å². The number of hydrogen-bond acceptors (Lipinski definition) is 1. The Hall–Kier alpha value is -0.320. The van der Waals surface area contributed by atoms with Gasteiger partial charge in [-0.05, 0) is 19.8 Å². The van der Waals surface area contributed by atoms with Crippen molar-refractivity contribution >= 4 is 0 Å². The second-order valence-corrected chi connectivity index (χ2v) is 3.43. The van der Waals surface area contributed by atoms with Gasteiger partial charge < -0.3 is 5.32 Å². The lowest BCUT2D eigenvalue weighted by molar-refractivity contribution is -0.165. The molecular weight excluding hydrogens is 174 g/mol. The molecule has 1 rings (SSSR count). The summed E-state index contributed by atoms with van der Waals surface area (Å²) in [6, 6.07) is -1.53. The topological polar surface area (TPSA) is 12.0 Å². The Morgan fingerprint density at radius 2 is 2.00 bits per heavy atom. The molecule has 0 radical (unpaired) electrons. The van der Waals surface area contributed by atoms with Gasteiger partial charge in [-0.1, -0.05) is 0 Å². The molecular formula is C7H11F4N. The normalized spacial score (nSPS) is 38.2. The predicted molar refractivity (Wildman–Crippen MR) is 36.6 cm³/mol. The zero-order chi connectivity index (χ0) is 9.41. The lowest BCUT2D eigenvalue weighted by Gasteiger charge is -2.33. The molecule has 2 unspecified atom stereocenters. The third-order valence-corrected chi connectivity index (χ3v) is 2.07. The van der Waals surface area contributed by atoms with Gasteiger partial charge in [0.2, 0.25) is 0 Å². The van der Waals surface area contributed by atoms with Crippen molar-refractivity contribution in [2.75, 3.05) is 6.54 Å². The van der Waals surface area contributed by atoms with E-state index < -0.39 is 17.9 Å². The molecule has 1 nitrogen and oxygen atoms in total. The van der Waals surface area contributed by atoms with Gasteiger partial charge >= 0.3 is 6.18 Å². The van der Waals surface area contributed by atoms with E-state index in [4.69, 9.17) is 0 Å². The van der Waals surface area contributed by atoms with E-state index in [0.29, 0.717) is 0 Å². The van der Waals surface area contributed by atoms with Gasteiger partial charge in [-0.2, -0.15) is 13.2 Å². The van der Waals surface area contributed by atoms with Crippen molar-refractivity contribution in [1.82, 2.24) is 5.32 Å². The zero-order valence-electron chi connectivity index (χ0n) is 6.71. The summed E-state index contributed by atoms with van der Waals surface area (Å²) in [6.45, 7) is 1.10. The molecule has 0 saturated carbocycles. The van der Waals surface area contributed by atoms with E-state index in [-0.39, 0.29) is 19.4 Å². The molecule has 0 amide bonds. The van der Waals surface area contributed by atoms with Crippen LogP contribution in [0.5, 0.6) is 0 Å². The highest BCUT2D eigenvalue weighted by atomic mass is 19.4. The van der Waals surface area contributed by atoms with Gasteiger partial charge in [-0.15, -0.1) is 0 Å². The number of hydrogen-bond donors (Lipinski definition) is 1. The van der Waals surface area contributed by atoms with Crippen LogP contribution >= 0.6 is 0 Å². The first-order chi connectivity index (χ1) is 5.31. The Labute approximate surface area is 68.1 Å². The van der Waals surface area contributed by atoms with E-state index in [1.54, 1.807) is 0 Å². The van der Waals surface area contributed by atoms with Gasteiger partial charge in [-0.25, -0.2) is 4.39 Å². The van der Waals surface area contributed by atoms with Crippen LogP contribution < -0.4 is 5.32 Å². The summed E-state index contributed by atoms with van der Waals surface area (Å²) >= 11 is 0. The standard InChI is InChI=1S/C7H11F4N/c1-6(8)3-2-5(12-4-6)7(9,10)11/h5,12H,2-4H2,1H3. The molecule has 5 heteroatoms. The van der Waals surface area contributed by atoms with Gasteiger partial charge in [0, 0.05) is 6.54 Å². The van der Waals surface area contributed by atoms with Gasteiger partial charge in [0.25, 0.3) is 0 Å². The maximum atomic E-state index is 13.0. The van der Waals surface area contributed by atoms with E-state index >= 15 is 0 Å². The van der Waals surface area contributed by atoms with Crippen LogP contribution in [0.1, 0.15) is 19.8 Å². The lowest BCUT2D eigenvalue weighted by Crippen LogP contribution is -2.52. The van der Waals surface area contributed by atoms with Crippen LogP contribution in [0.4, 0.5) is 17.6 Å². The minimum atomic E-state index is -4.24. The third kappa shape index (κ3) is 2.33. The van der Waals surface area contributed by atoms with Crippen molar-refractivity contribution in [3.63, 3.8) is 0 Å². The van der Waals surface area contributed by atoms with Crippen molar-refractivity contribution < 1.29 is 17.6 Å². The summed E-state index contributed by atoms with van der Waals surface area (Å²) in [6.07, 6.45) is -4.43. The van der Waals surface area contributed by atoms with Crippen LogP contribution in [-0.4, -0.2) is 24.4 Å². The Kier molecular flexibility index (Phi) is 2.33. The average Bonchev–Trinajstić information content (AvgIpc) is 1.83. The maximum absolute atomic E-state index is 13.0. The van der Waals surface area contributed by atoms with Crippen molar-refractivity contribution in [2.24, 2.45) is 0 Å². The summed E-state index contributed by atoms with van der Waals surface area (Å²) < 4.78 is 49.0. The minimum Gasteiger partial charge on any atom is -0.303 e. The number of rotatable bonds is 0. The molecule has 72 valence electrons. The molecule has 0 aromatic heterocycles. The average molecular weight is 185 g/mol. The van der Waals surface area contributed by atoms with Gasteiger partial charge in [-0.3, -0.25) is 0 Å². The molecule has 0 aromatic carbocycles. The number of piperidine rings is 1. The van der Waals surface area contributed by atoms with Crippen molar-refractivity contribution in [1.29, 1.82) is 0 Å². The van der Waals surface area contributed by atoms with Crippen LogP contribution in [0.2, 0.25) is 0 Å². The highest BCUT2D eigenvalue weighted by Gasteiger charge is 2.44. The first-order valence-corrected chi connectivity index (χ1v) is 3.80. The minimum absolute atomic E-state index is 0.0236. The van der Waals surface area contributed by atoms with E-state index in [0.717, 1.165) is 0 Å². The maximum Gasteiger partial charge on any atom is 0.403 e. The molecule has 0 spiro atoms. The monoisotopic (exact) mass is 185 g/mol. The van der Waals surface area contributed by atoms with E-state index in [9.17, 15) is 17.6 Å². The van der Waals surface area contributed by atoms with Crippen LogP contribution in [-0.2, 0) is 0 Å². The number of alkyl halides is 4. The summed E-state index contributed by atoms with van der Waals surface area (Å²) in [7, 11) is 0. The summed E-state index contributed by atoms with van der Waals surface area (Å²) in [4.78, 5) is 0. The SMILES string of the molecule is CC1(F)CCC(C(F)(F)F)NC1. The van der Waals surface area contributed by atoms with Crippen molar-refractivity contribution in [2.45, 2.75) is 37.7 Å². The van der Waals surface area contributed by atoms with E-state index in [1.165, 1.54) is 6.92 Å². The Balaban J connectivity index is 2.47. The summed E-state index contributed by atoms with van der Waals surface area (Å²) in [5.74, 6) is 0.